The van der Waals surface area contributed by atoms with Gasteiger partial charge in [0.25, 0.3) is 5.56 Å². The molecule has 1 aliphatic heterocycles. The molecular weight excluding hydrogens is 531 g/mol. The molecule has 7 nitrogen and oxygen atoms in total. The normalized spacial score (nSPS) is 32.4. The largest absolute Gasteiger partial charge is 0.406 e. The lowest BCUT2D eigenvalue weighted by Crippen LogP contribution is -2.55. The molecule has 2 saturated carbocycles. The van der Waals surface area contributed by atoms with Crippen LogP contribution in [0, 0.1) is 18.8 Å². The van der Waals surface area contributed by atoms with E-state index in [0.717, 1.165) is 23.0 Å². The van der Waals surface area contributed by atoms with Gasteiger partial charge in [0.05, 0.1) is 11.4 Å². The van der Waals surface area contributed by atoms with Crippen molar-refractivity contribution in [2.24, 2.45) is 18.9 Å². The van der Waals surface area contributed by atoms with Crippen molar-refractivity contribution in [1.82, 2.24) is 25.3 Å². The first kappa shape index (κ1) is 28.4. The number of nitrogens with one attached hydrogen (secondary N) is 2. The van der Waals surface area contributed by atoms with Gasteiger partial charge in [-0.25, -0.2) is 5.01 Å². The molecular formula is C28H37ClF3N5O2. The van der Waals surface area contributed by atoms with Crippen LogP contribution in [0.25, 0.3) is 10.9 Å². The molecule has 0 radical (unpaired) electrons. The molecule has 5 unspecified atom stereocenters. The van der Waals surface area contributed by atoms with Crippen molar-refractivity contribution in [3.05, 3.63) is 39.9 Å². The Balaban J connectivity index is 1.33. The van der Waals surface area contributed by atoms with E-state index in [0.29, 0.717) is 44.1 Å². The third-order valence-electron chi connectivity index (χ3n) is 9.08. The molecule has 2 aliphatic carbocycles. The summed E-state index contributed by atoms with van der Waals surface area (Å²) in [6.07, 6.45) is 1.62. The summed E-state index contributed by atoms with van der Waals surface area (Å²) in [4.78, 5) is 31.0. The van der Waals surface area contributed by atoms with Crippen LogP contribution >= 0.6 is 11.6 Å². The number of halogens is 4. The molecule has 3 heterocycles. The quantitative estimate of drug-likeness (QED) is 0.530. The first-order chi connectivity index (χ1) is 18.4. The number of carbonyl (C=O) groups is 1. The zero-order chi connectivity index (χ0) is 28.1. The van der Waals surface area contributed by atoms with Crippen LogP contribution in [0.2, 0.25) is 0 Å². The zero-order valence-corrected chi connectivity index (χ0v) is 23.4. The summed E-state index contributed by atoms with van der Waals surface area (Å²) in [5, 5.41) is 5.08. The average molecular weight is 568 g/mol. The molecule has 2 aromatic heterocycles. The Morgan fingerprint density at radius 2 is 1.87 bits per heavy atom. The van der Waals surface area contributed by atoms with Crippen LogP contribution in [-0.4, -0.2) is 56.7 Å². The van der Waals surface area contributed by atoms with E-state index in [9.17, 15) is 22.8 Å². The van der Waals surface area contributed by atoms with Gasteiger partial charge in [0.1, 0.15) is 6.04 Å². The molecule has 3 aliphatic rings. The molecule has 214 valence electrons. The van der Waals surface area contributed by atoms with Crippen LogP contribution in [0.5, 0.6) is 0 Å². The van der Waals surface area contributed by atoms with Crippen molar-refractivity contribution in [3.8, 4) is 0 Å². The van der Waals surface area contributed by atoms with E-state index in [2.05, 4.69) is 22.7 Å². The van der Waals surface area contributed by atoms with Gasteiger partial charge in [0, 0.05) is 53.9 Å². The highest BCUT2D eigenvalue weighted by Crippen LogP contribution is 2.40. The van der Waals surface area contributed by atoms with Gasteiger partial charge >= 0.3 is 6.18 Å². The Morgan fingerprint density at radius 3 is 2.56 bits per heavy atom. The van der Waals surface area contributed by atoms with E-state index >= 15 is 0 Å². The summed E-state index contributed by atoms with van der Waals surface area (Å²) in [5.74, 6) is -1.73. The number of fused-ring (bicyclic) bond motifs is 1. The number of nitrogens with zero attached hydrogens (tertiary/aromatic N) is 3. The molecule has 5 rings (SSSR count). The van der Waals surface area contributed by atoms with Gasteiger partial charge in [-0.3, -0.25) is 20.0 Å². The number of amides is 1. The first-order valence-corrected chi connectivity index (χ1v) is 14.4. The van der Waals surface area contributed by atoms with Crippen molar-refractivity contribution in [3.63, 3.8) is 0 Å². The van der Waals surface area contributed by atoms with Gasteiger partial charge in [-0.15, -0.1) is 11.6 Å². The Bertz CT molecular complexity index is 1280. The summed E-state index contributed by atoms with van der Waals surface area (Å²) in [6, 6.07) is 1.29. The highest BCUT2D eigenvalue weighted by atomic mass is 35.5. The maximum Gasteiger partial charge on any atom is 0.406 e. The minimum Gasteiger partial charge on any atom is -0.353 e. The fourth-order valence-corrected chi connectivity index (χ4v) is 7.10. The van der Waals surface area contributed by atoms with Crippen molar-refractivity contribution >= 4 is 28.4 Å². The lowest BCUT2D eigenvalue weighted by atomic mass is 9.74. The topological polar surface area (TPSA) is 79.3 Å². The lowest BCUT2D eigenvalue weighted by molar-refractivity contribution is -0.198. The van der Waals surface area contributed by atoms with Crippen LogP contribution in [0.1, 0.15) is 69.0 Å². The van der Waals surface area contributed by atoms with Gasteiger partial charge in [-0.2, -0.15) is 13.2 Å². The molecule has 0 bridgehead atoms. The Hall–Kier alpha value is -2.17. The van der Waals surface area contributed by atoms with Crippen LogP contribution in [-0.2, 0) is 11.8 Å². The predicted octanol–water partition coefficient (Wildman–Crippen LogP) is 4.55. The fourth-order valence-electron chi connectivity index (χ4n) is 6.85. The minimum absolute atomic E-state index is 0.00580. The minimum atomic E-state index is -4.55. The first-order valence-electron chi connectivity index (χ1n) is 13.9. The average Bonchev–Trinajstić information content (AvgIpc) is 3.35. The highest BCUT2D eigenvalue weighted by Gasteiger charge is 2.56. The van der Waals surface area contributed by atoms with Gasteiger partial charge in [-0.05, 0) is 75.8 Å². The van der Waals surface area contributed by atoms with Crippen molar-refractivity contribution in [2.45, 2.75) is 94.4 Å². The number of aryl methyl sites for hydroxylation is 2. The summed E-state index contributed by atoms with van der Waals surface area (Å²) in [5.41, 5.74) is 5.11. The van der Waals surface area contributed by atoms with Gasteiger partial charge in [-0.1, -0.05) is 6.92 Å². The van der Waals surface area contributed by atoms with Crippen molar-refractivity contribution in [1.29, 1.82) is 0 Å². The van der Waals surface area contributed by atoms with E-state index in [1.807, 2.05) is 19.1 Å². The van der Waals surface area contributed by atoms with E-state index in [-0.39, 0.29) is 41.4 Å². The van der Waals surface area contributed by atoms with Crippen molar-refractivity contribution < 1.29 is 18.0 Å². The van der Waals surface area contributed by atoms with E-state index in [1.165, 1.54) is 5.01 Å². The molecule has 1 amide bonds. The third kappa shape index (κ3) is 5.70. The second kappa shape index (κ2) is 11.0. The number of alkyl halides is 4. The van der Waals surface area contributed by atoms with Crippen LogP contribution in [0.15, 0.2) is 23.1 Å². The van der Waals surface area contributed by atoms with Crippen LogP contribution in [0.3, 0.4) is 0 Å². The molecule has 5 atom stereocenters. The predicted molar refractivity (Wildman–Crippen MR) is 144 cm³/mol. The smallest absolute Gasteiger partial charge is 0.353 e. The Kier molecular flexibility index (Phi) is 8.01. The molecule has 1 saturated heterocycles. The molecule has 3 fully saturated rings. The monoisotopic (exact) mass is 567 g/mol. The number of carbonyl (C=O) groups excluding carboxylic acids is 1. The standard InChI is InChI=1S/C28H37ClF3N5O2/c1-15-4-7-19(12-21(15)22-11-17-13-33-16(2)10-24(17)36(3)27(22)39)35-26(38)23-14-34-37(25(23)28(30,31)32)20-8-5-18(29)6-9-20/h10-11,13,15,18-21,23,25,34H,4-9,12,14H2,1-3H3,(H,35,38). The van der Waals surface area contributed by atoms with Gasteiger partial charge in [0.2, 0.25) is 5.91 Å². The maximum absolute atomic E-state index is 14.3. The summed E-state index contributed by atoms with van der Waals surface area (Å²) < 4.78 is 44.5. The van der Waals surface area contributed by atoms with Crippen LogP contribution < -0.4 is 16.3 Å². The van der Waals surface area contributed by atoms with E-state index in [4.69, 9.17) is 11.6 Å². The lowest BCUT2D eigenvalue weighted by Gasteiger charge is -2.38. The number of pyridine rings is 2. The highest BCUT2D eigenvalue weighted by molar-refractivity contribution is 6.20. The number of hydrogen-bond donors (Lipinski definition) is 2. The molecule has 0 spiro atoms. The molecule has 39 heavy (non-hydrogen) atoms. The van der Waals surface area contributed by atoms with E-state index < -0.39 is 24.0 Å². The second-order valence-electron chi connectivity index (χ2n) is 11.7. The SMILES string of the molecule is Cc1cc2c(cn1)cc(C1CC(NC(=O)C3CNN(C4CCC(Cl)CC4)C3C(F)(F)F)CCC1C)c(=O)n2C. The molecule has 11 heteroatoms. The Labute approximate surface area is 231 Å². The fraction of sp³-hybridized carbons (Fsp3) is 0.679. The summed E-state index contributed by atoms with van der Waals surface area (Å²) in [7, 11) is 1.75. The maximum atomic E-state index is 14.3. The number of hydrogen-bond acceptors (Lipinski definition) is 5. The zero-order valence-electron chi connectivity index (χ0n) is 22.6. The number of hydrazine groups is 1. The Morgan fingerprint density at radius 1 is 1.15 bits per heavy atom. The van der Waals surface area contributed by atoms with Gasteiger partial charge < -0.3 is 9.88 Å². The number of rotatable bonds is 4. The molecule has 2 N–H and O–H groups in total. The summed E-state index contributed by atoms with van der Waals surface area (Å²) in [6.45, 7) is 3.91. The summed E-state index contributed by atoms with van der Waals surface area (Å²) >= 11 is 6.17. The van der Waals surface area contributed by atoms with Gasteiger partial charge in [0.15, 0.2) is 0 Å². The second-order valence-corrected chi connectivity index (χ2v) is 12.3. The molecule has 2 aromatic rings. The molecule has 0 aromatic carbocycles. The third-order valence-corrected chi connectivity index (χ3v) is 9.52. The van der Waals surface area contributed by atoms with Crippen LogP contribution in [0.4, 0.5) is 13.2 Å². The number of aromatic nitrogens is 2. The van der Waals surface area contributed by atoms with Crippen molar-refractivity contribution in [2.75, 3.05) is 6.54 Å². The van der Waals surface area contributed by atoms with E-state index in [1.54, 1.807) is 17.8 Å².